The van der Waals surface area contributed by atoms with Gasteiger partial charge in [-0.3, -0.25) is 9.78 Å². The number of aromatic nitrogens is 2. The average molecular weight is 441 g/mol. The number of fused-ring (bicyclic) bond motifs is 1. The smallest absolute Gasteiger partial charge is 0.392 e. The van der Waals surface area contributed by atoms with Crippen molar-refractivity contribution < 1.29 is 22.7 Å². The third-order valence-electron chi connectivity index (χ3n) is 5.45. The standard InChI is InChI=1S/C24H22F3N3O2/c25-24(26,27)10-13-32-22-7-5-18(15-29-22)23(31)30-19-6-4-16-2-1-3-20(21(16)14-19)17-8-11-28-12-9-17/h1-3,5,7-9,11-12,15,19H,4,6,10,13-14H2,(H,30,31)/t19-/m1/s1. The summed E-state index contributed by atoms with van der Waals surface area (Å²) in [7, 11) is 0. The van der Waals surface area contributed by atoms with Gasteiger partial charge >= 0.3 is 6.18 Å². The van der Waals surface area contributed by atoms with Crippen LogP contribution in [0.25, 0.3) is 11.1 Å². The van der Waals surface area contributed by atoms with E-state index in [0.717, 1.165) is 24.0 Å². The molecule has 5 nitrogen and oxygen atoms in total. The largest absolute Gasteiger partial charge is 0.477 e. The van der Waals surface area contributed by atoms with Crippen LogP contribution in [0, 0.1) is 0 Å². The van der Waals surface area contributed by atoms with Crippen molar-refractivity contribution in [2.45, 2.75) is 37.9 Å². The van der Waals surface area contributed by atoms with Crippen molar-refractivity contribution >= 4 is 5.91 Å². The quantitative estimate of drug-likeness (QED) is 0.599. The lowest BCUT2D eigenvalue weighted by atomic mass is 9.83. The van der Waals surface area contributed by atoms with Crippen LogP contribution in [0.4, 0.5) is 13.2 Å². The third-order valence-corrected chi connectivity index (χ3v) is 5.45. The van der Waals surface area contributed by atoms with Gasteiger partial charge in [-0.15, -0.1) is 0 Å². The number of benzene rings is 1. The molecule has 1 aliphatic rings. The Bertz CT molecular complexity index is 1070. The maximum atomic E-state index is 12.7. The molecule has 0 radical (unpaired) electrons. The third kappa shape index (κ3) is 5.43. The second-order valence-corrected chi connectivity index (χ2v) is 7.69. The van der Waals surface area contributed by atoms with E-state index in [0.29, 0.717) is 12.0 Å². The molecule has 1 atom stereocenters. The lowest BCUT2D eigenvalue weighted by Crippen LogP contribution is -2.39. The van der Waals surface area contributed by atoms with Crippen molar-refractivity contribution in [2.24, 2.45) is 0 Å². The zero-order valence-electron chi connectivity index (χ0n) is 17.2. The second-order valence-electron chi connectivity index (χ2n) is 7.69. The fraction of sp³-hybridized carbons (Fsp3) is 0.292. The van der Waals surface area contributed by atoms with Gasteiger partial charge in [0.15, 0.2) is 0 Å². The Morgan fingerprint density at radius 3 is 2.66 bits per heavy atom. The molecule has 0 fully saturated rings. The molecule has 0 saturated heterocycles. The van der Waals surface area contributed by atoms with Gasteiger partial charge in [-0.25, -0.2) is 4.98 Å². The first-order chi connectivity index (χ1) is 15.4. The molecule has 0 bridgehead atoms. The maximum absolute atomic E-state index is 12.7. The number of aryl methyl sites for hydroxylation is 1. The van der Waals surface area contributed by atoms with Gasteiger partial charge in [-0.1, -0.05) is 18.2 Å². The highest BCUT2D eigenvalue weighted by Crippen LogP contribution is 2.31. The van der Waals surface area contributed by atoms with E-state index < -0.39 is 19.2 Å². The molecule has 1 aliphatic carbocycles. The molecular formula is C24H22F3N3O2. The summed E-state index contributed by atoms with van der Waals surface area (Å²) in [6.45, 7) is -0.511. The Balaban J connectivity index is 1.39. The molecule has 4 rings (SSSR count). The first-order valence-corrected chi connectivity index (χ1v) is 10.4. The molecule has 2 aromatic heterocycles. The number of carbonyl (C=O) groups is 1. The number of hydrogen-bond acceptors (Lipinski definition) is 4. The second kappa shape index (κ2) is 9.38. The van der Waals surface area contributed by atoms with Gasteiger partial charge in [-0.05, 0) is 59.7 Å². The molecule has 32 heavy (non-hydrogen) atoms. The van der Waals surface area contributed by atoms with Crippen molar-refractivity contribution in [1.82, 2.24) is 15.3 Å². The fourth-order valence-corrected chi connectivity index (χ4v) is 3.85. The van der Waals surface area contributed by atoms with Gasteiger partial charge in [0.05, 0.1) is 18.6 Å². The first kappa shape index (κ1) is 21.8. The summed E-state index contributed by atoms with van der Waals surface area (Å²) in [6, 6.07) is 13.1. The van der Waals surface area contributed by atoms with Gasteiger partial charge in [-0.2, -0.15) is 13.2 Å². The molecule has 0 aliphatic heterocycles. The average Bonchev–Trinajstić information content (AvgIpc) is 2.79. The summed E-state index contributed by atoms with van der Waals surface area (Å²) < 4.78 is 41.6. The van der Waals surface area contributed by atoms with Crippen LogP contribution in [0.1, 0.15) is 34.3 Å². The number of rotatable bonds is 6. The SMILES string of the molecule is O=C(N[C@@H]1CCc2cccc(-c3ccncc3)c2C1)c1ccc(OCCC(F)(F)F)nc1. The van der Waals surface area contributed by atoms with E-state index in [2.05, 4.69) is 33.5 Å². The zero-order chi connectivity index (χ0) is 22.6. The van der Waals surface area contributed by atoms with Crippen molar-refractivity contribution in [2.75, 3.05) is 6.61 Å². The van der Waals surface area contributed by atoms with Crippen molar-refractivity contribution in [3.63, 3.8) is 0 Å². The van der Waals surface area contributed by atoms with E-state index in [-0.39, 0.29) is 17.8 Å². The van der Waals surface area contributed by atoms with Gasteiger partial charge < -0.3 is 10.1 Å². The minimum Gasteiger partial charge on any atom is -0.477 e. The van der Waals surface area contributed by atoms with Crippen molar-refractivity contribution in [3.8, 4) is 17.0 Å². The summed E-state index contributed by atoms with van der Waals surface area (Å²) in [5, 5.41) is 3.06. The number of nitrogens with one attached hydrogen (secondary N) is 1. The van der Waals surface area contributed by atoms with Gasteiger partial charge in [0, 0.05) is 30.7 Å². The number of halogens is 3. The maximum Gasteiger partial charge on any atom is 0.392 e. The van der Waals surface area contributed by atoms with E-state index >= 15 is 0 Å². The Morgan fingerprint density at radius 2 is 1.94 bits per heavy atom. The van der Waals surface area contributed by atoms with Crippen LogP contribution in [0.15, 0.2) is 61.1 Å². The molecule has 166 valence electrons. The van der Waals surface area contributed by atoms with Crippen LogP contribution in [0.5, 0.6) is 5.88 Å². The number of nitrogens with zero attached hydrogens (tertiary/aromatic N) is 2. The molecular weight excluding hydrogens is 419 g/mol. The molecule has 8 heteroatoms. The Hall–Kier alpha value is -3.42. The van der Waals surface area contributed by atoms with Crippen LogP contribution < -0.4 is 10.1 Å². The van der Waals surface area contributed by atoms with E-state index in [9.17, 15) is 18.0 Å². The molecule has 1 N–H and O–H groups in total. The lowest BCUT2D eigenvalue weighted by Gasteiger charge is -2.27. The van der Waals surface area contributed by atoms with Crippen molar-refractivity contribution in [1.29, 1.82) is 0 Å². The highest BCUT2D eigenvalue weighted by atomic mass is 19.4. The number of pyridine rings is 2. The predicted molar refractivity (Wildman–Crippen MR) is 113 cm³/mol. The van der Waals surface area contributed by atoms with Crippen LogP contribution >= 0.6 is 0 Å². The minimum absolute atomic E-state index is 0.0271. The summed E-state index contributed by atoms with van der Waals surface area (Å²) in [6.07, 6.45) is 1.91. The van der Waals surface area contributed by atoms with Gasteiger partial charge in [0.25, 0.3) is 5.91 Å². The Labute approximate surface area is 183 Å². The highest BCUT2D eigenvalue weighted by molar-refractivity contribution is 5.94. The Morgan fingerprint density at radius 1 is 1.12 bits per heavy atom. The minimum atomic E-state index is -4.28. The fourth-order valence-electron chi connectivity index (χ4n) is 3.85. The van der Waals surface area contributed by atoms with Crippen LogP contribution in [-0.4, -0.2) is 34.7 Å². The zero-order valence-corrected chi connectivity index (χ0v) is 17.2. The predicted octanol–water partition coefficient (Wildman–Crippen LogP) is 4.76. The normalized spacial score (nSPS) is 15.7. The van der Waals surface area contributed by atoms with E-state index in [1.807, 2.05) is 12.1 Å². The molecule has 3 aromatic rings. The topological polar surface area (TPSA) is 64.1 Å². The molecule has 1 amide bonds. The van der Waals surface area contributed by atoms with E-state index in [1.54, 1.807) is 12.4 Å². The van der Waals surface area contributed by atoms with E-state index in [1.165, 1.54) is 29.5 Å². The monoisotopic (exact) mass is 441 g/mol. The molecule has 0 spiro atoms. The number of amides is 1. The van der Waals surface area contributed by atoms with Gasteiger partial charge in [0.1, 0.15) is 0 Å². The molecule has 2 heterocycles. The summed E-state index contributed by atoms with van der Waals surface area (Å²) in [5.41, 5.74) is 5.08. The van der Waals surface area contributed by atoms with Gasteiger partial charge in [0.2, 0.25) is 5.88 Å². The summed E-state index contributed by atoms with van der Waals surface area (Å²) >= 11 is 0. The molecule has 0 unspecified atom stereocenters. The number of alkyl halides is 3. The Kier molecular flexibility index (Phi) is 6.39. The molecule has 1 aromatic carbocycles. The van der Waals surface area contributed by atoms with Crippen LogP contribution in [0.3, 0.4) is 0 Å². The van der Waals surface area contributed by atoms with Crippen LogP contribution in [-0.2, 0) is 12.8 Å². The molecule has 0 saturated carbocycles. The number of ether oxygens (including phenoxy) is 1. The van der Waals surface area contributed by atoms with Crippen molar-refractivity contribution in [3.05, 3.63) is 77.7 Å². The first-order valence-electron chi connectivity index (χ1n) is 10.4. The lowest BCUT2D eigenvalue weighted by molar-refractivity contribution is -0.139. The summed E-state index contributed by atoms with van der Waals surface area (Å²) in [5.74, 6) is -0.214. The summed E-state index contributed by atoms with van der Waals surface area (Å²) in [4.78, 5) is 20.7. The highest BCUT2D eigenvalue weighted by Gasteiger charge is 2.27. The number of carbonyl (C=O) groups excluding carboxylic acids is 1. The number of hydrogen-bond donors (Lipinski definition) is 1. The van der Waals surface area contributed by atoms with Crippen LogP contribution in [0.2, 0.25) is 0 Å². The van der Waals surface area contributed by atoms with E-state index in [4.69, 9.17) is 4.74 Å².